The molecule has 0 unspecified atom stereocenters. The zero-order valence-electron chi connectivity index (χ0n) is 12.4. The molecule has 1 aromatic heterocycles. The molecule has 2 N–H and O–H groups in total. The van der Waals surface area contributed by atoms with Crippen molar-refractivity contribution < 1.29 is 0 Å². The largest absolute Gasteiger partial charge is 0.397 e. The van der Waals surface area contributed by atoms with Crippen LogP contribution in [0, 0.1) is 5.41 Å². The second-order valence-electron chi connectivity index (χ2n) is 6.60. The standard InChI is InChI=1S/C17H23N3/c1-17(2)7-3-10-20(11-8-17)15-5-4-13-12-19-9-6-14(13)16(15)18/h4-6,9,12H,3,7-8,10-11,18H2,1-2H3. The molecule has 1 aliphatic rings. The lowest BCUT2D eigenvalue weighted by Crippen LogP contribution is -2.25. The van der Waals surface area contributed by atoms with Gasteiger partial charge in [-0.15, -0.1) is 0 Å². The van der Waals surface area contributed by atoms with Gasteiger partial charge in [0.1, 0.15) is 0 Å². The molecule has 3 heteroatoms. The number of nitrogens with zero attached hydrogens (tertiary/aromatic N) is 2. The van der Waals surface area contributed by atoms with Gasteiger partial charge in [0.05, 0.1) is 11.4 Å². The van der Waals surface area contributed by atoms with E-state index in [-0.39, 0.29) is 0 Å². The lowest BCUT2D eigenvalue weighted by Gasteiger charge is -2.26. The highest BCUT2D eigenvalue weighted by atomic mass is 15.1. The van der Waals surface area contributed by atoms with Gasteiger partial charge in [-0.2, -0.15) is 0 Å². The fourth-order valence-electron chi connectivity index (χ4n) is 3.12. The first-order valence-electron chi connectivity index (χ1n) is 7.44. The molecule has 1 aliphatic heterocycles. The molecule has 1 saturated heterocycles. The zero-order chi connectivity index (χ0) is 14.2. The number of hydrogen-bond acceptors (Lipinski definition) is 3. The van der Waals surface area contributed by atoms with Crippen LogP contribution in [0.15, 0.2) is 30.6 Å². The lowest BCUT2D eigenvalue weighted by atomic mass is 9.85. The molecular weight excluding hydrogens is 246 g/mol. The van der Waals surface area contributed by atoms with Crippen LogP contribution in [-0.2, 0) is 0 Å². The van der Waals surface area contributed by atoms with Crippen molar-refractivity contribution in [1.29, 1.82) is 0 Å². The van der Waals surface area contributed by atoms with E-state index in [0.29, 0.717) is 5.41 Å². The fourth-order valence-corrected chi connectivity index (χ4v) is 3.12. The van der Waals surface area contributed by atoms with Crippen molar-refractivity contribution >= 4 is 22.1 Å². The summed E-state index contributed by atoms with van der Waals surface area (Å²) in [5, 5.41) is 2.23. The third-order valence-electron chi connectivity index (χ3n) is 4.52. The quantitative estimate of drug-likeness (QED) is 0.800. The summed E-state index contributed by atoms with van der Waals surface area (Å²) in [5.41, 5.74) is 8.92. The number of nitrogen functional groups attached to an aromatic ring is 1. The Labute approximate surface area is 120 Å². The monoisotopic (exact) mass is 269 g/mol. The molecule has 0 saturated carbocycles. The average Bonchev–Trinajstić information content (AvgIpc) is 2.61. The summed E-state index contributed by atoms with van der Waals surface area (Å²) in [4.78, 5) is 6.61. The molecule has 3 nitrogen and oxygen atoms in total. The van der Waals surface area contributed by atoms with Crippen LogP contribution in [0.5, 0.6) is 0 Å². The SMILES string of the molecule is CC1(C)CCCN(c2ccc3cnccc3c2N)CC1. The normalized spacial score (nSPS) is 19.0. The maximum Gasteiger partial charge on any atom is 0.0632 e. The van der Waals surface area contributed by atoms with E-state index in [9.17, 15) is 0 Å². The highest BCUT2D eigenvalue weighted by Gasteiger charge is 2.24. The summed E-state index contributed by atoms with van der Waals surface area (Å²) in [5.74, 6) is 0. The Bertz CT molecular complexity index is 619. The predicted molar refractivity (Wildman–Crippen MR) is 86.0 cm³/mol. The lowest BCUT2D eigenvalue weighted by molar-refractivity contribution is 0.325. The third kappa shape index (κ3) is 2.45. The second-order valence-corrected chi connectivity index (χ2v) is 6.60. The van der Waals surface area contributed by atoms with Gasteiger partial charge in [-0.3, -0.25) is 4.98 Å². The van der Waals surface area contributed by atoms with Crippen molar-refractivity contribution in [3.05, 3.63) is 30.6 Å². The Balaban J connectivity index is 1.96. The number of fused-ring (bicyclic) bond motifs is 1. The Hall–Kier alpha value is -1.77. The van der Waals surface area contributed by atoms with Crippen molar-refractivity contribution in [3.63, 3.8) is 0 Å². The van der Waals surface area contributed by atoms with E-state index < -0.39 is 0 Å². The topological polar surface area (TPSA) is 42.2 Å². The van der Waals surface area contributed by atoms with Gasteiger partial charge in [-0.05, 0) is 36.8 Å². The number of anilines is 2. The highest BCUT2D eigenvalue weighted by molar-refractivity contribution is 5.98. The Kier molecular flexibility index (Phi) is 3.28. The van der Waals surface area contributed by atoms with E-state index in [2.05, 4.69) is 35.9 Å². The van der Waals surface area contributed by atoms with Crippen LogP contribution in [0.4, 0.5) is 11.4 Å². The van der Waals surface area contributed by atoms with Crippen LogP contribution in [0.1, 0.15) is 33.1 Å². The molecule has 0 bridgehead atoms. The van der Waals surface area contributed by atoms with E-state index in [1.165, 1.54) is 24.9 Å². The first-order valence-corrected chi connectivity index (χ1v) is 7.44. The van der Waals surface area contributed by atoms with Crippen LogP contribution >= 0.6 is 0 Å². The average molecular weight is 269 g/mol. The fraction of sp³-hybridized carbons (Fsp3) is 0.471. The smallest absolute Gasteiger partial charge is 0.0632 e. The molecule has 0 radical (unpaired) electrons. The summed E-state index contributed by atoms with van der Waals surface area (Å²) in [6, 6.07) is 6.29. The van der Waals surface area contributed by atoms with Crippen LogP contribution in [0.25, 0.3) is 10.8 Å². The summed E-state index contributed by atoms with van der Waals surface area (Å²) in [6.45, 7) is 6.93. The maximum absolute atomic E-state index is 6.40. The zero-order valence-corrected chi connectivity index (χ0v) is 12.4. The molecule has 0 aliphatic carbocycles. The van der Waals surface area contributed by atoms with E-state index in [1.54, 1.807) is 0 Å². The number of hydrogen-bond donors (Lipinski definition) is 1. The minimum absolute atomic E-state index is 0.449. The third-order valence-corrected chi connectivity index (χ3v) is 4.52. The maximum atomic E-state index is 6.40. The van der Waals surface area contributed by atoms with Crippen molar-refractivity contribution in [2.75, 3.05) is 23.7 Å². The van der Waals surface area contributed by atoms with Crippen LogP contribution in [0.2, 0.25) is 0 Å². The van der Waals surface area contributed by atoms with Gasteiger partial charge in [0.15, 0.2) is 0 Å². The molecule has 106 valence electrons. The summed E-state index contributed by atoms with van der Waals surface area (Å²) in [7, 11) is 0. The minimum atomic E-state index is 0.449. The Morgan fingerprint density at radius 2 is 2.00 bits per heavy atom. The molecule has 20 heavy (non-hydrogen) atoms. The van der Waals surface area contributed by atoms with Crippen molar-refractivity contribution in [2.24, 2.45) is 5.41 Å². The number of nitrogens with two attached hydrogens (primary N) is 1. The van der Waals surface area contributed by atoms with E-state index in [4.69, 9.17) is 5.73 Å². The molecule has 0 amide bonds. The molecule has 0 atom stereocenters. The van der Waals surface area contributed by atoms with Crippen molar-refractivity contribution in [3.8, 4) is 0 Å². The van der Waals surface area contributed by atoms with Gasteiger partial charge in [0.2, 0.25) is 0 Å². The van der Waals surface area contributed by atoms with Gasteiger partial charge in [-0.1, -0.05) is 19.9 Å². The minimum Gasteiger partial charge on any atom is -0.397 e. The first kappa shape index (κ1) is 13.2. The number of benzene rings is 1. The van der Waals surface area contributed by atoms with E-state index >= 15 is 0 Å². The van der Waals surface area contributed by atoms with Crippen LogP contribution in [-0.4, -0.2) is 18.1 Å². The molecule has 1 fully saturated rings. The van der Waals surface area contributed by atoms with E-state index in [1.807, 2.05) is 18.5 Å². The Morgan fingerprint density at radius 1 is 1.15 bits per heavy atom. The molecule has 3 rings (SSSR count). The van der Waals surface area contributed by atoms with Gasteiger partial charge in [0.25, 0.3) is 0 Å². The summed E-state index contributed by atoms with van der Waals surface area (Å²) in [6.07, 6.45) is 7.44. The van der Waals surface area contributed by atoms with E-state index in [0.717, 1.165) is 29.5 Å². The molecular formula is C17H23N3. The van der Waals surface area contributed by atoms with Gasteiger partial charge < -0.3 is 10.6 Å². The van der Waals surface area contributed by atoms with Crippen molar-refractivity contribution in [2.45, 2.75) is 33.1 Å². The highest BCUT2D eigenvalue weighted by Crippen LogP contribution is 2.35. The van der Waals surface area contributed by atoms with Gasteiger partial charge in [0, 0.05) is 36.3 Å². The van der Waals surface area contributed by atoms with Crippen molar-refractivity contribution in [1.82, 2.24) is 4.98 Å². The summed E-state index contributed by atoms with van der Waals surface area (Å²) >= 11 is 0. The molecule has 2 aromatic rings. The summed E-state index contributed by atoms with van der Waals surface area (Å²) < 4.78 is 0. The molecule has 0 spiro atoms. The Morgan fingerprint density at radius 3 is 2.85 bits per heavy atom. The molecule has 1 aromatic carbocycles. The number of aromatic nitrogens is 1. The first-order chi connectivity index (χ1) is 9.57. The molecule has 2 heterocycles. The number of pyridine rings is 1. The van der Waals surface area contributed by atoms with Gasteiger partial charge in [-0.25, -0.2) is 0 Å². The van der Waals surface area contributed by atoms with Gasteiger partial charge >= 0.3 is 0 Å². The van der Waals surface area contributed by atoms with Crippen LogP contribution < -0.4 is 10.6 Å². The van der Waals surface area contributed by atoms with Crippen LogP contribution in [0.3, 0.4) is 0 Å². The number of rotatable bonds is 1. The predicted octanol–water partition coefficient (Wildman–Crippen LogP) is 3.83. The second kappa shape index (κ2) is 4.97.